The third kappa shape index (κ3) is 2.32. The summed E-state index contributed by atoms with van der Waals surface area (Å²) in [7, 11) is 0. The highest BCUT2D eigenvalue weighted by Crippen LogP contribution is 2.40. The summed E-state index contributed by atoms with van der Waals surface area (Å²) in [5.41, 5.74) is 6.12. The van der Waals surface area contributed by atoms with Crippen molar-refractivity contribution in [1.82, 2.24) is 0 Å². The number of nitrogens with two attached hydrogens (primary N) is 1. The van der Waals surface area contributed by atoms with Crippen LogP contribution in [0.1, 0.15) is 12.0 Å². The molecule has 1 aliphatic rings. The van der Waals surface area contributed by atoms with Gasteiger partial charge in [-0.2, -0.15) is 0 Å². The third-order valence-electron chi connectivity index (χ3n) is 3.72. The molecule has 1 amide bonds. The van der Waals surface area contributed by atoms with Crippen molar-refractivity contribution >= 4 is 23.2 Å². The zero-order valence-corrected chi connectivity index (χ0v) is 12.1. The first-order valence-electron chi connectivity index (χ1n) is 6.68. The lowest BCUT2D eigenvalue weighted by atomic mass is 9.83. The van der Waals surface area contributed by atoms with Crippen LogP contribution in [0.15, 0.2) is 48.5 Å². The highest BCUT2D eigenvalue weighted by molar-refractivity contribution is 6.33. The maximum Gasteiger partial charge on any atom is 0.248 e. The Kier molecular flexibility index (Phi) is 3.47. The van der Waals surface area contributed by atoms with Crippen molar-refractivity contribution in [2.75, 3.05) is 11.9 Å². The molecule has 0 spiro atoms. The van der Waals surface area contributed by atoms with Crippen LogP contribution in [0, 0.1) is 0 Å². The zero-order chi connectivity index (χ0) is 14.9. The minimum atomic E-state index is -1.01. The molecule has 0 bridgehead atoms. The van der Waals surface area contributed by atoms with E-state index in [-0.39, 0.29) is 0 Å². The van der Waals surface area contributed by atoms with E-state index in [9.17, 15) is 4.79 Å². The van der Waals surface area contributed by atoms with Crippen LogP contribution in [0.4, 0.5) is 5.69 Å². The van der Waals surface area contributed by atoms with Crippen LogP contribution in [-0.4, -0.2) is 12.5 Å². The van der Waals surface area contributed by atoms with Crippen molar-refractivity contribution in [3.8, 4) is 5.75 Å². The van der Waals surface area contributed by atoms with Crippen molar-refractivity contribution in [3.05, 3.63) is 59.1 Å². The van der Waals surface area contributed by atoms with E-state index in [1.54, 1.807) is 6.07 Å². The van der Waals surface area contributed by atoms with Gasteiger partial charge >= 0.3 is 0 Å². The number of nitrogens with one attached hydrogen (secondary N) is 1. The standard InChI is InChI=1S/C16H15ClN2O2/c17-12-6-2-3-7-13(12)19-16(15(18)20)9-10-21-14-8-4-1-5-11(14)16/h1-8,19H,9-10H2,(H2,18,20). The lowest BCUT2D eigenvalue weighted by Crippen LogP contribution is -2.50. The smallest absolute Gasteiger partial charge is 0.248 e. The second kappa shape index (κ2) is 5.30. The average molecular weight is 303 g/mol. The van der Waals surface area contributed by atoms with E-state index < -0.39 is 11.4 Å². The Hall–Kier alpha value is -2.20. The first kappa shape index (κ1) is 13.8. The average Bonchev–Trinajstić information content (AvgIpc) is 2.49. The molecule has 21 heavy (non-hydrogen) atoms. The van der Waals surface area contributed by atoms with Crippen molar-refractivity contribution < 1.29 is 9.53 Å². The number of amides is 1. The fourth-order valence-corrected chi connectivity index (χ4v) is 2.82. The molecule has 3 N–H and O–H groups in total. The number of carbonyl (C=O) groups excluding carboxylic acids is 1. The highest BCUT2D eigenvalue weighted by Gasteiger charge is 2.43. The van der Waals surface area contributed by atoms with Crippen molar-refractivity contribution in [2.45, 2.75) is 12.0 Å². The van der Waals surface area contributed by atoms with E-state index in [4.69, 9.17) is 22.1 Å². The van der Waals surface area contributed by atoms with Crippen LogP contribution in [0.3, 0.4) is 0 Å². The van der Waals surface area contributed by atoms with Gasteiger partial charge in [-0.3, -0.25) is 4.79 Å². The fourth-order valence-electron chi connectivity index (χ4n) is 2.63. The van der Waals surface area contributed by atoms with E-state index >= 15 is 0 Å². The molecule has 1 unspecified atom stereocenters. The number of halogens is 1. The van der Waals surface area contributed by atoms with Crippen LogP contribution >= 0.6 is 11.6 Å². The van der Waals surface area contributed by atoms with E-state index in [2.05, 4.69) is 5.32 Å². The van der Waals surface area contributed by atoms with Crippen LogP contribution in [0.5, 0.6) is 5.75 Å². The second-order valence-corrected chi connectivity index (χ2v) is 5.38. The molecule has 2 aromatic rings. The monoisotopic (exact) mass is 302 g/mol. The first-order valence-corrected chi connectivity index (χ1v) is 7.06. The number of primary amides is 1. The maximum absolute atomic E-state index is 12.2. The summed E-state index contributed by atoms with van der Waals surface area (Å²) in [4.78, 5) is 12.2. The lowest BCUT2D eigenvalue weighted by molar-refractivity contribution is -0.123. The van der Waals surface area contributed by atoms with E-state index in [0.717, 1.165) is 5.56 Å². The van der Waals surface area contributed by atoms with Crippen molar-refractivity contribution in [2.24, 2.45) is 5.73 Å². The summed E-state index contributed by atoms with van der Waals surface area (Å²) in [5, 5.41) is 3.78. The summed E-state index contributed by atoms with van der Waals surface area (Å²) >= 11 is 6.19. The number of para-hydroxylation sites is 2. The number of hydrogen-bond acceptors (Lipinski definition) is 3. The number of benzene rings is 2. The van der Waals surface area contributed by atoms with E-state index in [0.29, 0.717) is 29.5 Å². The van der Waals surface area contributed by atoms with Gasteiger partial charge < -0.3 is 15.8 Å². The summed E-state index contributed by atoms with van der Waals surface area (Å²) in [6.07, 6.45) is 0.449. The molecular weight excluding hydrogens is 288 g/mol. The van der Waals surface area contributed by atoms with Gasteiger partial charge in [0.2, 0.25) is 5.91 Å². The summed E-state index contributed by atoms with van der Waals surface area (Å²) < 4.78 is 5.62. The Morgan fingerprint density at radius 1 is 1.19 bits per heavy atom. The maximum atomic E-state index is 12.2. The van der Waals surface area contributed by atoms with Gasteiger partial charge in [-0.05, 0) is 18.2 Å². The van der Waals surface area contributed by atoms with Gasteiger partial charge in [0.25, 0.3) is 0 Å². The van der Waals surface area contributed by atoms with Gasteiger partial charge in [-0.25, -0.2) is 0 Å². The predicted molar refractivity (Wildman–Crippen MR) is 82.5 cm³/mol. The van der Waals surface area contributed by atoms with Crippen molar-refractivity contribution in [1.29, 1.82) is 0 Å². The van der Waals surface area contributed by atoms with E-state index in [1.807, 2.05) is 42.5 Å². The molecule has 0 fully saturated rings. The Balaban J connectivity index is 2.11. The largest absolute Gasteiger partial charge is 0.493 e. The molecule has 4 nitrogen and oxygen atoms in total. The van der Waals surface area contributed by atoms with Crippen LogP contribution in [0.2, 0.25) is 5.02 Å². The predicted octanol–water partition coefficient (Wildman–Crippen LogP) is 2.92. The van der Waals surface area contributed by atoms with E-state index in [1.165, 1.54) is 0 Å². The molecule has 0 aromatic heterocycles. The van der Waals surface area contributed by atoms with Gasteiger partial charge in [0.1, 0.15) is 11.3 Å². The topological polar surface area (TPSA) is 64.4 Å². The Morgan fingerprint density at radius 2 is 1.90 bits per heavy atom. The van der Waals surface area contributed by atoms with Crippen LogP contribution in [0.25, 0.3) is 0 Å². The molecule has 5 heteroatoms. The Morgan fingerprint density at radius 3 is 2.67 bits per heavy atom. The molecule has 108 valence electrons. The second-order valence-electron chi connectivity index (χ2n) is 4.97. The highest BCUT2D eigenvalue weighted by atomic mass is 35.5. The number of rotatable bonds is 3. The summed E-state index contributed by atoms with van der Waals surface area (Å²) in [5.74, 6) is 0.222. The number of ether oxygens (including phenoxy) is 1. The molecular formula is C16H15ClN2O2. The number of anilines is 1. The molecule has 1 heterocycles. The van der Waals surface area contributed by atoms with Gasteiger partial charge in [0.05, 0.1) is 17.3 Å². The Labute approximate surface area is 127 Å². The first-order chi connectivity index (χ1) is 10.1. The number of hydrogen-bond donors (Lipinski definition) is 2. The zero-order valence-electron chi connectivity index (χ0n) is 11.3. The van der Waals surface area contributed by atoms with Crippen LogP contribution < -0.4 is 15.8 Å². The van der Waals surface area contributed by atoms with Crippen molar-refractivity contribution in [3.63, 3.8) is 0 Å². The van der Waals surface area contributed by atoms with Gasteiger partial charge in [-0.1, -0.05) is 41.9 Å². The quantitative estimate of drug-likeness (QED) is 0.916. The summed E-state index contributed by atoms with van der Waals surface area (Å²) in [6.45, 7) is 0.414. The molecule has 2 aromatic carbocycles. The number of carbonyl (C=O) groups is 1. The van der Waals surface area contributed by atoms with Crippen LogP contribution in [-0.2, 0) is 10.3 Å². The molecule has 0 saturated heterocycles. The minimum Gasteiger partial charge on any atom is -0.493 e. The SMILES string of the molecule is NC(=O)C1(Nc2ccccc2Cl)CCOc2ccccc21. The lowest BCUT2D eigenvalue weighted by Gasteiger charge is -2.37. The fraction of sp³-hybridized carbons (Fsp3) is 0.188. The molecule has 1 atom stereocenters. The Bertz CT molecular complexity index is 689. The number of fused-ring (bicyclic) bond motifs is 1. The molecule has 0 aliphatic carbocycles. The minimum absolute atomic E-state index is 0.414. The third-order valence-corrected chi connectivity index (χ3v) is 4.05. The molecule has 3 rings (SSSR count). The normalized spacial score (nSPS) is 20.2. The van der Waals surface area contributed by atoms with Gasteiger partial charge in [0, 0.05) is 12.0 Å². The molecule has 1 aliphatic heterocycles. The molecule has 0 saturated carbocycles. The van der Waals surface area contributed by atoms with Gasteiger partial charge in [0.15, 0.2) is 0 Å². The summed E-state index contributed by atoms with van der Waals surface area (Å²) in [6, 6.07) is 14.7. The van der Waals surface area contributed by atoms with Gasteiger partial charge in [-0.15, -0.1) is 0 Å². The molecule has 0 radical (unpaired) electrons.